The molecular formula is C11H10N6O3. The number of aliphatic carboxylic acids is 1. The van der Waals surface area contributed by atoms with Crippen LogP contribution in [0.1, 0.15) is 5.69 Å². The smallest absolute Gasteiger partial charge is 0.328 e. The van der Waals surface area contributed by atoms with Gasteiger partial charge in [0.05, 0.1) is 5.69 Å². The number of carbonyl (C=O) groups excluding carboxylic acids is 1. The van der Waals surface area contributed by atoms with Crippen LogP contribution in [0.15, 0.2) is 30.6 Å². The molecule has 9 heteroatoms. The van der Waals surface area contributed by atoms with E-state index in [0.717, 1.165) is 6.08 Å². The summed E-state index contributed by atoms with van der Waals surface area (Å²) in [5.41, 5.74) is 0.424. The molecule has 0 spiro atoms. The molecule has 0 aliphatic carbocycles. The van der Waals surface area contributed by atoms with Crippen LogP contribution in [0.5, 0.6) is 0 Å². The fourth-order valence-electron chi connectivity index (χ4n) is 1.35. The minimum atomic E-state index is -1.07. The number of nitrogens with one attached hydrogen (secondary N) is 1. The molecule has 0 saturated carbocycles. The molecule has 0 atom stereocenters. The summed E-state index contributed by atoms with van der Waals surface area (Å²) in [5, 5.41) is 21.5. The van der Waals surface area contributed by atoms with Crippen molar-refractivity contribution in [2.24, 2.45) is 0 Å². The molecule has 0 aliphatic heterocycles. The molecule has 20 heavy (non-hydrogen) atoms. The van der Waals surface area contributed by atoms with Gasteiger partial charge in [0.15, 0.2) is 0 Å². The SMILES string of the molecule is O=C(O)C=Cc1cccc(NC(=O)Cn2cnnn2)n1. The highest BCUT2D eigenvalue weighted by Gasteiger charge is 2.05. The quantitative estimate of drug-likeness (QED) is 0.724. The van der Waals surface area contributed by atoms with E-state index in [9.17, 15) is 9.59 Å². The Balaban J connectivity index is 2.00. The van der Waals surface area contributed by atoms with Crippen molar-refractivity contribution in [2.75, 3.05) is 5.32 Å². The van der Waals surface area contributed by atoms with Crippen LogP contribution >= 0.6 is 0 Å². The Kier molecular flexibility index (Phi) is 4.12. The topological polar surface area (TPSA) is 123 Å². The lowest BCUT2D eigenvalue weighted by molar-refractivity contribution is -0.131. The molecule has 0 saturated heterocycles. The second-order valence-corrected chi connectivity index (χ2v) is 3.67. The first-order valence-corrected chi connectivity index (χ1v) is 5.52. The summed E-state index contributed by atoms with van der Waals surface area (Å²) < 4.78 is 1.27. The zero-order valence-electron chi connectivity index (χ0n) is 10.2. The Hall–Kier alpha value is -3.10. The molecule has 0 fully saturated rings. The third kappa shape index (κ3) is 3.98. The number of hydrogen-bond acceptors (Lipinski definition) is 6. The van der Waals surface area contributed by atoms with Gasteiger partial charge >= 0.3 is 5.97 Å². The molecule has 1 amide bonds. The van der Waals surface area contributed by atoms with Crippen LogP contribution in [0.4, 0.5) is 5.82 Å². The van der Waals surface area contributed by atoms with Crippen molar-refractivity contribution in [3.05, 3.63) is 36.3 Å². The van der Waals surface area contributed by atoms with E-state index in [1.54, 1.807) is 18.2 Å². The van der Waals surface area contributed by atoms with Gasteiger partial charge in [0.1, 0.15) is 18.7 Å². The summed E-state index contributed by atoms with van der Waals surface area (Å²) in [4.78, 5) is 26.2. The summed E-state index contributed by atoms with van der Waals surface area (Å²) in [5.74, 6) is -1.10. The summed E-state index contributed by atoms with van der Waals surface area (Å²) in [7, 11) is 0. The Morgan fingerprint density at radius 3 is 2.95 bits per heavy atom. The van der Waals surface area contributed by atoms with E-state index in [0.29, 0.717) is 11.5 Å². The summed E-state index contributed by atoms with van der Waals surface area (Å²) in [6, 6.07) is 4.87. The Morgan fingerprint density at radius 2 is 2.25 bits per heavy atom. The van der Waals surface area contributed by atoms with Gasteiger partial charge in [-0.25, -0.2) is 14.5 Å². The van der Waals surface area contributed by atoms with E-state index in [-0.39, 0.29) is 12.5 Å². The van der Waals surface area contributed by atoms with Crippen molar-refractivity contribution in [3.8, 4) is 0 Å². The van der Waals surface area contributed by atoms with Crippen LogP contribution in [0.25, 0.3) is 6.08 Å². The van der Waals surface area contributed by atoms with Gasteiger partial charge < -0.3 is 10.4 Å². The number of carboxylic acids is 1. The van der Waals surface area contributed by atoms with E-state index in [4.69, 9.17) is 5.11 Å². The minimum Gasteiger partial charge on any atom is -0.478 e. The molecule has 2 aromatic heterocycles. The standard InChI is InChI=1S/C11H10N6O3/c18-10(6-17-7-12-15-16-17)14-9-3-1-2-8(13-9)4-5-11(19)20/h1-5,7H,6H2,(H,19,20)(H,13,14,18). The second-order valence-electron chi connectivity index (χ2n) is 3.67. The summed E-state index contributed by atoms with van der Waals surface area (Å²) in [6.07, 6.45) is 3.62. The average Bonchev–Trinajstić information content (AvgIpc) is 2.89. The number of anilines is 1. The predicted octanol–water partition coefficient (Wildman–Crippen LogP) is -0.195. The number of carboxylic acid groups (broad SMARTS) is 1. The van der Waals surface area contributed by atoms with Crippen molar-refractivity contribution in [1.29, 1.82) is 0 Å². The maximum absolute atomic E-state index is 11.7. The number of pyridine rings is 1. The molecule has 2 rings (SSSR count). The zero-order valence-corrected chi connectivity index (χ0v) is 10.2. The first kappa shape index (κ1) is 13.3. The van der Waals surface area contributed by atoms with E-state index in [1.165, 1.54) is 17.1 Å². The Labute approximate surface area is 112 Å². The highest BCUT2D eigenvalue weighted by Crippen LogP contribution is 2.06. The highest BCUT2D eigenvalue weighted by molar-refractivity contribution is 5.89. The number of nitrogens with zero attached hydrogens (tertiary/aromatic N) is 5. The van der Waals surface area contributed by atoms with E-state index >= 15 is 0 Å². The van der Waals surface area contributed by atoms with Crippen LogP contribution in [-0.2, 0) is 16.1 Å². The molecular weight excluding hydrogens is 264 g/mol. The molecule has 0 unspecified atom stereocenters. The Morgan fingerprint density at radius 1 is 1.40 bits per heavy atom. The fourth-order valence-corrected chi connectivity index (χ4v) is 1.35. The van der Waals surface area contributed by atoms with Gasteiger partial charge in [0, 0.05) is 6.08 Å². The van der Waals surface area contributed by atoms with Crippen molar-refractivity contribution in [1.82, 2.24) is 25.2 Å². The third-order valence-electron chi connectivity index (χ3n) is 2.13. The number of aromatic nitrogens is 5. The van der Waals surface area contributed by atoms with Crippen molar-refractivity contribution in [2.45, 2.75) is 6.54 Å². The maximum atomic E-state index is 11.7. The Bertz CT molecular complexity index is 637. The number of hydrogen-bond donors (Lipinski definition) is 2. The molecule has 0 aromatic carbocycles. The van der Waals surface area contributed by atoms with Gasteiger partial charge in [-0.3, -0.25) is 4.79 Å². The first-order valence-electron chi connectivity index (χ1n) is 5.52. The monoisotopic (exact) mass is 274 g/mol. The summed E-state index contributed by atoms with van der Waals surface area (Å²) >= 11 is 0. The van der Waals surface area contributed by atoms with Gasteiger partial charge in [-0.1, -0.05) is 6.07 Å². The lowest BCUT2D eigenvalue weighted by atomic mass is 10.3. The van der Waals surface area contributed by atoms with Gasteiger partial charge in [-0.05, 0) is 28.6 Å². The molecule has 102 valence electrons. The second kappa shape index (κ2) is 6.18. The van der Waals surface area contributed by atoms with Gasteiger partial charge in [-0.15, -0.1) is 5.10 Å². The maximum Gasteiger partial charge on any atom is 0.328 e. The first-order chi connectivity index (χ1) is 9.63. The molecule has 0 radical (unpaired) electrons. The largest absolute Gasteiger partial charge is 0.478 e. The van der Waals surface area contributed by atoms with E-state index < -0.39 is 5.97 Å². The number of amides is 1. The third-order valence-corrected chi connectivity index (χ3v) is 2.13. The van der Waals surface area contributed by atoms with Gasteiger partial charge in [0.25, 0.3) is 0 Å². The molecule has 9 nitrogen and oxygen atoms in total. The predicted molar refractivity (Wildman–Crippen MR) is 67.4 cm³/mol. The summed E-state index contributed by atoms with van der Waals surface area (Å²) in [6.45, 7) is -0.0378. The minimum absolute atomic E-state index is 0.0378. The molecule has 2 N–H and O–H groups in total. The van der Waals surface area contributed by atoms with Gasteiger partial charge in [0.2, 0.25) is 5.91 Å². The lowest BCUT2D eigenvalue weighted by Gasteiger charge is -2.04. The molecule has 0 aliphatic rings. The number of rotatable bonds is 5. The van der Waals surface area contributed by atoms with Crippen LogP contribution in [0, 0.1) is 0 Å². The lowest BCUT2D eigenvalue weighted by Crippen LogP contribution is -2.19. The number of carbonyl (C=O) groups is 2. The van der Waals surface area contributed by atoms with Crippen LogP contribution < -0.4 is 5.32 Å². The highest BCUT2D eigenvalue weighted by atomic mass is 16.4. The van der Waals surface area contributed by atoms with Crippen molar-refractivity contribution in [3.63, 3.8) is 0 Å². The zero-order chi connectivity index (χ0) is 14.4. The normalized spacial score (nSPS) is 10.6. The van der Waals surface area contributed by atoms with Crippen LogP contribution in [0.2, 0.25) is 0 Å². The fraction of sp³-hybridized carbons (Fsp3) is 0.0909. The average molecular weight is 274 g/mol. The van der Waals surface area contributed by atoms with Crippen molar-refractivity contribution < 1.29 is 14.7 Å². The van der Waals surface area contributed by atoms with E-state index in [1.807, 2.05) is 0 Å². The molecule has 2 aromatic rings. The van der Waals surface area contributed by atoms with Crippen LogP contribution in [-0.4, -0.2) is 42.2 Å². The van der Waals surface area contributed by atoms with Crippen molar-refractivity contribution >= 4 is 23.8 Å². The van der Waals surface area contributed by atoms with Crippen LogP contribution in [0.3, 0.4) is 0 Å². The van der Waals surface area contributed by atoms with Gasteiger partial charge in [-0.2, -0.15) is 0 Å². The van der Waals surface area contributed by atoms with E-state index in [2.05, 4.69) is 25.8 Å². The molecule has 2 heterocycles. The number of tetrazole rings is 1. The molecule has 0 bridgehead atoms.